The van der Waals surface area contributed by atoms with Crippen LogP contribution in [-0.4, -0.2) is 58.2 Å². The quantitative estimate of drug-likeness (QED) is 0.635. The van der Waals surface area contributed by atoms with Crippen molar-refractivity contribution in [3.8, 4) is 0 Å². The van der Waals surface area contributed by atoms with E-state index in [4.69, 9.17) is 5.11 Å². The molecule has 4 heteroatoms. The Morgan fingerprint density at radius 2 is 1.87 bits per heavy atom. The van der Waals surface area contributed by atoms with Crippen LogP contribution in [0.25, 0.3) is 0 Å². The van der Waals surface area contributed by atoms with E-state index in [2.05, 4.69) is 6.92 Å². The Balaban J connectivity index is 0.000000921. The second-order valence-corrected chi connectivity index (χ2v) is 3.63. The molecule has 0 amide bonds. The first-order chi connectivity index (χ1) is 7.20. The van der Waals surface area contributed by atoms with Crippen LogP contribution < -0.4 is 0 Å². The third kappa shape index (κ3) is 4.07. The Morgan fingerprint density at radius 1 is 1.27 bits per heavy atom. The number of nitrogens with zero attached hydrogens (tertiary/aromatic N) is 1. The van der Waals surface area contributed by atoms with Crippen molar-refractivity contribution in [3.63, 3.8) is 0 Å². The van der Waals surface area contributed by atoms with Gasteiger partial charge in [0.2, 0.25) is 0 Å². The molecule has 15 heavy (non-hydrogen) atoms. The fourth-order valence-corrected chi connectivity index (χ4v) is 1.90. The lowest BCUT2D eigenvalue weighted by molar-refractivity contribution is -0.0892. The van der Waals surface area contributed by atoms with Crippen LogP contribution in [0, 0.1) is 0 Å². The normalized spacial score (nSPS) is 32.0. The summed E-state index contributed by atoms with van der Waals surface area (Å²) < 4.78 is 0. The summed E-state index contributed by atoms with van der Waals surface area (Å²) in [7, 11) is 0. The van der Waals surface area contributed by atoms with Crippen LogP contribution in [0.3, 0.4) is 0 Å². The molecular formula is C11H25NO3. The molecule has 1 aliphatic heterocycles. The second-order valence-electron chi connectivity index (χ2n) is 3.63. The molecular weight excluding hydrogens is 194 g/mol. The van der Waals surface area contributed by atoms with E-state index < -0.39 is 12.2 Å². The third-order valence-electron chi connectivity index (χ3n) is 2.67. The van der Waals surface area contributed by atoms with E-state index in [0.717, 1.165) is 19.5 Å². The van der Waals surface area contributed by atoms with Crippen LogP contribution in [0.5, 0.6) is 0 Å². The highest BCUT2D eigenvalue weighted by atomic mass is 16.3. The monoisotopic (exact) mass is 219 g/mol. The second kappa shape index (κ2) is 8.05. The highest BCUT2D eigenvalue weighted by Crippen LogP contribution is 2.18. The van der Waals surface area contributed by atoms with Gasteiger partial charge in [0, 0.05) is 6.54 Å². The summed E-state index contributed by atoms with van der Waals surface area (Å²) in [5.74, 6) is 0. The van der Waals surface area contributed by atoms with Crippen molar-refractivity contribution in [2.24, 2.45) is 0 Å². The standard InChI is InChI=1S/C9H19NO3.C2H6/c1-2-4-10-5-3-8(12)9(13)7(10)6-11;1-2/h7-9,11-13H,2-6H2,1H3;1-2H3/t7?,8-,9?;/m1./s1. The van der Waals surface area contributed by atoms with Crippen molar-refractivity contribution in [1.29, 1.82) is 0 Å². The summed E-state index contributed by atoms with van der Waals surface area (Å²) >= 11 is 0. The van der Waals surface area contributed by atoms with Gasteiger partial charge in [0.05, 0.1) is 24.9 Å². The molecule has 0 saturated carbocycles. The minimum absolute atomic E-state index is 0.0851. The van der Waals surface area contributed by atoms with Gasteiger partial charge in [-0.2, -0.15) is 0 Å². The Labute approximate surface area is 92.5 Å². The minimum Gasteiger partial charge on any atom is -0.395 e. The van der Waals surface area contributed by atoms with Gasteiger partial charge in [-0.25, -0.2) is 0 Å². The highest BCUT2D eigenvalue weighted by molar-refractivity contribution is 4.88. The SMILES string of the molecule is CC.CCCN1CC[C@@H](O)C(O)C1CO. The lowest BCUT2D eigenvalue weighted by Crippen LogP contribution is -2.56. The van der Waals surface area contributed by atoms with Crippen LogP contribution in [0.2, 0.25) is 0 Å². The molecule has 4 nitrogen and oxygen atoms in total. The van der Waals surface area contributed by atoms with Gasteiger partial charge in [-0.15, -0.1) is 0 Å². The average Bonchev–Trinajstić information content (AvgIpc) is 2.27. The number of aliphatic hydroxyl groups is 3. The first-order valence-corrected chi connectivity index (χ1v) is 5.91. The molecule has 0 aromatic heterocycles. The van der Waals surface area contributed by atoms with Crippen molar-refractivity contribution in [2.45, 2.75) is 51.9 Å². The maximum atomic E-state index is 9.58. The van der Waals surface area contributed by atoms with Crippen LogP contribution in [0.15, 0.2) is 0 Å². The van der Waals surface area contributed by atoms with E-state index in [1.165, 1.54) is 0 Å². The maximum absolute atomic E-state index is 9.58. The Hall–Kier alpha value is -0.160. The van der Waals surface area contributed by atoms with E-state index in [-0.39, 0.29) is 12.6 Å². The summed E-state index contributed by atoms with van der Waals surface area (Å²) in [4.78, 5) is 2.04. The van der Waals surface area contributed by atoms with Gasteiger partial charge < -0.3 is 15.3 Å². The van der Waals surface area contributed by atoms with Crippen LogP contribution >= 0.6 is 0 Å². The molecule has 0 aromatic rings. The smallest absolute Gasteiger partial charge is 0.0976 e. The van der Waals surface area contributed by atoms with Crippen molar-refractivity contribution in [1.82, 2.24) is 4.90 Å². The Bertz CT molecular complexity index is 155. The number of hydrogen-bond acceptors (Lipinski definition) is 4. The summed E-state index contributed by atoms with van der Waals surface area (Å²) in [5.41, 5.74) is 0. The molecule has 0 aliphatic carbocycles. The van der Waals surface area contributed by atoms with Gasteiger partial charge in [0.15, 0.2) is 0 Å². The number of hydrogen-bond donors (Lipinski definition) is 3. The fraction of sp³-hybridized carbons (Fsp3) is 1.00. The van der Waals surface area contributed by atoms with E-state index in [0.29, 0.717) is 6.42 Å². The predicted octanol–water partition coefficient (Wildman–Crippen LogP) is 0.211. The molecule has 1 aliphatic rings. The van der Waals surface area contributed by atoms with Crippen molar-refractivity contribution in [3.05, 3.63) is 0 Å². The number of aliphatic hydroxyl groups excluding tert-OH is 3. The summed E-state index contributed by atoms with van der Waals surface area (Å²) in [5, 5.41) is 28.0. The zero-order chi connectivity index (χ0) is 11.8. The largest absolute Gasteiger partial charge is 0.395 e. The molecule has 3 atom stereocenters. The van der Waals surface area contributed by atoms with Gasteiger partial charge in [-0.3, -0.25) is 4.90 Å². The molecule has 0 aromatic carbocycles. The Kier molecular flexibility index (Phi) is 7.96. The van der Waals surface area contributed by atoms with Gasteiger partial charge in [-0.1, -0.05) is 20.8 Å². The van der Waals surface area contributed by atoms with Crippen LogP contribution in [-0.2, 0) is 0 Å². The zero-order valence-electron chi connectivity index (χ0n) is 10.1. The average molecular weight is 219 g/mol. The van der Waals surface area contributed by atoms with E-state index in [1.54, 1.807) is 0 Å². The van der Waals surface area contributed by atoms with Gasteiger partial charge in [0.1, 0.15) is 0 Å². The van der Waals surface area contributed by atoms with Crippen LogP contribution in [0.1, 0.15) is 33.6 Å². The van der Waals surface area contributed by atoms with Gasteiger partial charge in [-0.05, 0) is 19.4 Å². The van der Waals surface area contributed by atoms with E-state index in [1.807, 2.05) is 18.7 Å². The van der Waals surface area contributed by atoms with E-state index >= 15 is 0 Å². The lowest BCUT2D eigenvalue weighted by Gasteiger charge is -2.40. The van der Waals surface area contributed by atoms with Crippen LogP contribution in [0.4, 0.5) is 0 Å². The number of likely N-dealkylation sites (tertiary alicyclic amines) is 1. The van der Waals surface area contributed by atoms with Gasteiger partial charge in [0.25, 0.3) is 0 Å². The molecule has 92 valence electrons. The van der Waals surface area contributed by atoms with Gasteiger partial charge >= 0.3 is 0 Å². The topological polar surface area (TPSA) is 63.9 Å². The predicted molar refractivity (Wildman–Crippen MR) is 60.7 cm³/mol. The summed E-state index contributed by atoms with van der Waals surface area (Å²) in [6, 6.07) is -0.288. The maximum Gasteiger partial charge on any atom is 0.0976 e. The molecule has 1 rings (SSSR count). The molecule has 0 bridgehead atoms. The minimum atomic E-state index is -0.801. The van der Waals surface area contributed by atoms with Crippen molar-refractivity contribution < 1.29 is 15.3 Å². The molecule has 3 N–H and O–H groups in total. The Morgan fingerprint density at radius 3 is 2.33 bits per heavy atom. The third-order valence-corrected chi connectivity index (χ3v) is 2.67. The van der Waals surface area contributed by atoms with Crippen molar-refractivity contribution >= 4 is 0 Å². The van der Waals surface area contributed by atoms with Crippen molar-refractivity contribution in [2.75, 3.05) is 19.7 Å². The molecule has 1 fully saturated rings. The number of piperidine rings is 1. The lowest BCUT2D eigenvalue weighted by atomic mass is 9.96. The van der Waals surface area contributed by atoms with E-state index in [9.17, 15) is 10.2 Å². The molecule has 1 saturated heterocycles. The molecule has 1 heterocycles. The molecule has 0 radical (unpaired) electrons. The zero-order valence-corrected chi connectivity index (χ0v) is 10.1. The molecule has 0 spiro atoms. The highest BCUT2D eigenvalue weighted by Gasteiger charge is 2.34. The summed E-state index contributed by atoms with van der Waals surface area (Å²) in [6.45, 7) is 7.61. The first kappa shape index (κ1) is 14.8. The summed E-state index contributed by atoms with van der Waals surface area (Å²) in [6.07, 6.45) is 0.118. The fourth-order valence-electron chi connectivity index (χ4n) is 1.90. The number of rotatable bonds is 3. The molecule has 2 unspecified atom stereocenters. The first-order valence-electron chi connectivity index (χ1n) is 5.91.